The number of nitrogens with zero attached hydrogens (tertiary/aromatic N) is 1. The van der Waals surface area contributed by atoms with E-state index in [2.05, 4.69) is 82.3 Å². The summed E-state index contributed by atoms with van der Waals surface area (Å²) in [4.78, 5) is 14.8. The van der Waals surface area contributed by atoms with Gasteiger partial charge in [0.15, 0.2) is 0 Å². The lowest BCUT2D eigenvalue weighted by atomic mass is 9.91. The molecule has 0 aliphatic carbocycles. The zero-order valence-electron chi connectivity index (χ0n) is 17.0. The van der Waals surface area contributed by atoms with Gasteiger partial charge in [0.25, 0.3) is 5.91 Å². The van der Waals surface area contributed by atoms with Crippen LogP contribution in [0.4, 0.5) is 0 Å². The molecule has 26 heavy (non-hydrogen) atoms. The average Bonchev–Trinajstić information content (AvgIpc) is 2.58. The first-order valence-corrected chi connectivity index (χ1v) is 9.32. The topological polar surface area (TPSA) is 32.3 Å². The molecule has 0 heterocycles. The molecule has 0 aliphatic heterocycles. The van der Waals surface area contributed by atoms with Crippen molar-refractivity contribution < 1.29 is 4.79 Å². The fraction of sp³-hybridized carbons (Fsp3) is 0.435. The third kappa shape index (κ3) is 5.43. The first kappa shape index (κ1) is 20.2. The molecule has 0 atom stereocenters. The minimum absolute atomic E-state index is 0.0132. The maximum absolute atomic E-state index is 12.7. The van der Waals surface area contributed by atoms with Crippen LogP contribution >= 0.6 is 0 Å². The summed E-state index contributed by atoms with van der Waals surface area (Å²) in [7, 11) is 4.11. The Hall–Kier alpha value is -2.13. The molecule has 0 aliphatic rings. The van der Waals surface area contributed by atoms with Crippen molar-refractivity contribution in [2.45, 2.75) is 33.6 Å². The summed E-state index contributed by atoms with van der Waals surface area (Å²) in [5.74, 6) is 0.427. The van der Waals surface area contributed by atoms with Gasteiger partial charge >= 0.3 is 0 Å². The highest BCUT2D eigenvalue weighted by Crippen LogP contribution is 2.29. The van der Waals surface area contributed by atoms with Gasteiger partial charge in [0.2, 0.25) is 0 Å². The SMILES string of the molecule is CC(C)c1ccccc1-c1cccc(C(=O)NCC(C)(C)CN(C)C)c1. The maximum Gasteiger partial charge on any atom is 0.251 e. The molecular formula is C23H32N2O. The number of hydrogen-bond acceptors (Lipinski definition) is 2. The Kier molecular flexibility index (Phi) is 6.60. The third-order valence-electron chi connectivity index (χ3n) is 4.49. The van der Waals surface area contributed by atoms with Gasteiger partial charge in [0.1, 0.15) is 0 Å². The molecule has 2 aromatic carbocycles. The highest BCUT2D eigenvalue weighted by molar-refractivity contribution is 5.95. The fourth-order valence-corrected chi connectivity index (χ4v) is 3.42. The molecule has 0 bridgehead atoms. The van der Waals surface area contributed by atoms with E-state index in [1.165, 1.54) is 11.1 Å². The molecule has 0 saturated heterocycles. The molecule has 0 unspecified atom stereocenters. The Morgan fingerprint density at radius 1 is 1.08 bits per heavy atom. The van der Waals surface area contributed by atoms with Gasteiger partial charge in [0.05, 0.1) is 0 Å². The number of nitrogens with one attached hydrogen (secondary N) is 1. The Labute approximate surface area is 158 Å². The van der Waals surface area contributed by atoms with E-state index in [1.54, 1.807) is 0 Å². The van der Waals surface area contributed by atoms with E-state index < -0.39 is 0 Å². The first-order valence-electron chi connectivity index (χ1n) is 9.32. The van der Waals surface area contributed by atoms with Gasteiger partial charge in [-0.1, -0.05) is 64.1 Å². The predicted molar refractivity (Wildman–Crippen MR) is 111 cm³/mol. The van der Waals surface area contributed by atoms with Crippen LogP contribution in [0.25, 0.3) is 11.1 Å². The molecule has 1 N–H and O–H groups in total. The molecule has 140 valence electrons. The zero-order chi connectivity index (χ0) is 19.3. The van der Waals surface area contributed by atoms with E-state index in [-0.39, 0.29) is 11.3 Å². The van der Waals surface area contributed by atoms with E-state index >= 15 is 0 Å². The number of amides is 1. The fourth-order valence-electron chi connectivity index (χ4n) is 3.42. The molecule has 1 amide bonds. The monoisotopic (exact) mass is 352 g/mol. The number of hydrogen-bond donors (Lipinski definition) is 1. The van der Waals surface area contributed by atoms with Crippen LogP contribution in [0, 0.1) is 5.41 Å². The van der Waals surface area contributed by atoms with Crippen molar-refractivity contribution in [1.29, 1.82) is 0 Å². The van der Waals surface area contributed by atoms with Crippen molar-refractivity contribution in [3.8, 4) is 11.1 Å². The molecule has 2 aromatic rings. The van der Waals surface area contributed by atoms with Crippen molar-refractivity contribution in [2.24, 2.45) is 5.41 Å². The Morgan fingerprint density at radius 2 is 1.77 bits per heavy atom. The van der Waals surface area contributed by atoms with Gasteiger partial charge in [-0.3, -0.25) is 4.79 Å². The van der Waals surface area contributed by atoms with E-state index in [4.69, 9.17) is 0 Å². The summed E-state index contributed by atoms with van der Waals surface area (Å²) in [5, 5.41) is 3.10. The quantitative estimate of drug-likeness (QED) is 0.777. The Bertz CT molecular complexity index is 747. The van der Waals surface area contributed by atoms with Crippen LogP contribution in [0.5, 0.6) is 0 Å². The maximum atomic E-state index is 12.7. The second kappa shape index (κ2) is 8.50. The smallest absolute Gasteiger partial charge is 0.251 e. The van der Waals surface area contributed by atoms with Crippen molar-refractivity contribution in [2.75, 3.05) is 27.2 Å². The summed E-state index contributed by atoms with van der Waals surface area (Å²) in [5.41, 5.74) is 4.33. The largest absolute Gasteiger partial charge is 0.351 e. The molecule has 0 radical (unpaired) electrons. The van der Waals surface area contributed by atoms with Crippen LogP contribution in [-0.4, -0.2) is 38.0 Å². The minimum atomic E-state index is -0.0132. The molecule has 0 saturated carbocycles. The van der Waals surface area contributed by atoms with Crippen LogP contribution in [0.15, 0.2) is 48.5 Å². The number of carbonyl (C=O) groups is 1. The summed E-state index contributed by atoms with van der Waals surface area (Å²) < 4.78 is 0. The van der Waals surface area contributed by atoms with Gasteiger partial charge in [-0.15, -0.1) is 0 Å². The van der Waals surface area contributed by atoms with Gasteiger partial charge in [0, 0.05) is 18.7 Å². The second-order valence-electron chi connectivity index (χ2n) is 8.41. The van der Waals surface area contributed by atoms with Crippen LogP contribution in [0.3, 0.4) is 0 Å². The number of carbonyl (C=O) groups excluding carboxylic acids is 1. The third-order valence-corrected chi connectivity index (χ3v) is 4.49. The summed E-state index contributed by atoms with van der Waals surface area (Å²) in [6.07, 6.45) is 0. The molecule has 0 spiro atoms. The van der Waals surface area contributed by atoms with E-state index in [9.17, 15) is 4.79 Å². The molecule has 0 aromatic heterocycles. The summed E-state index contributed by atoms with van der Waals surface area (Å²) in [6.45, 7) is 10.3. The molecule has 3 nitrogen and oxygen atoms in total. The summed E-state index contributed by atoms with van der Waals surface area (Å²) >= 11 is 0. The van der Waals surface area contributed by atoms with E-state index in [0.29, 0.717) is 18.0 Å². The van der Waals surface area contributed by atoms with Crippen LogP contribution in [0.2, 0.25) is 0 Å². The standard InChI is InChI=1S/C23H32N2O/c1-17(2)20-12-7-8-13-21(20)18-10-9-11-19(14-18)22(26)24-15-23(3,4)16-25(5)6/h7-14,17H,15-16H2,1-6H3,(H,24,26). The van der Waals surface area contributed by atoms with Gasteiger partial charge in [-0.2, -0.15) is 0 Å². The lowest BCUT2D eigenvalue weighted by Gasteiger charge is -2.28. The molecule has 0 fully saturated rings. The zero-order valence-corrected chi connectivity index (χ0v) is 17.0. The van der Waals surface area contributed by atoms with E-state index in [1.807, 2.05) is 18.2 Å². The number of rotatable bonds is 7. The van der Waals surface area contributed by atoms with Crippen LogP contribution in [-0.2, 0) is 0 Å². The minimum Gasteiger partial charge on any atom is -0.351 e. The normalized spacial score (nSPS) is 11.8. The van der Waals surface area contributed by atoms with Crippen molar-refractivity contribution >= 4 is 5.91 Å². The van der Waals surface area contributed by atoms with Gasteiger partial charge in [-0.05, 0) is 54.3 Å². The van der Waals surface area contributed by atoms with Crippen molar-refractivity contribution in [3.63, 3.8) is 0 Å². The average molecular weight is 353 g/mol. The second-order valence-corrected chi connectivity index (χ2v) is 8.41. The highest BCUT2D eigenvalue weighted by Gasteiger charge is 2.20. The lowest BCUT2D eigenvalue weighted by molar-refractivity contribution is 0.0929. The van der Waals surface area contributed by atoms with Crippen LogP contribution < -0.4 is 5.32 Å². The number of benzene rings is 2. The van der Waals surface area contributed by atoms with Gasteiger partial charge < -0.3 is 10.2 Å². The lowest BCUT2D eigenvalue weighted by Crippen LogP contribution is -2.39. The van der Waals surface area contributed by atoms with Gasteiger partial charge in [-0.25, -0.2) is 0 Å². The van der Waals surface area contributed by atoms with Crippen molar-refractivity contribution in [3.05, 3.63) is 59.7 Å². The van der Waals surface area contributed by atoms with Crippen LogP contribution in [0.1, 0.15) is 49.5 Å². The summed E-state index contributed by atoms with van der Waals surface area (Å²) in [6, 6.07) is 16.3. The molecular weight excluding hydrogens is 320 g/mol. The Balaban J connectivity index is 2.18. The first-order chi connectivity index (χ1) is 12.2. The van der Waals surface area contributed by atoms with Crippen molar-refractivity contribution in [1.82, 2.24) is 10.2 Å². The predicted octanol–water partition coefficient (Wildman–Crippen LogP) is 4.79. The van der Waals surface area contributed by atoms with E-state index in [0.717, 1.165) is 12.1 Å². The highest BCUT2D eigenvalue weighted by atomic mass is 16.1. The molecule has 2 rings (SSSR count). The Morgan fingerprint density at radius 3 is 2.42 bits per heavy atom. The molecule has 3 heteroatoms.